The molecule has 1 aromatic carbocycles. The predicted octanol–water partition coefficient (Wildman–Crippen LogP) is 0.794. The molecule has 0 saturated carbocycles. The smallest absolute Gasteiger partial charge is 0.247 e. The van der Waals surface area contributed by atoms with Crippen LogP contribution in [-0.4, -0.2) is 61.1 Å². The van der Waals surface area contributed by atoms with Gasteiger partial charge in [-0.25, -0.2) is 0 Å². The largest absolute Gasteiger partial charge is 0.379 e. The summed E-state index contributed by atoms with van der Waals surface area (Å²) in [6.45, 7) is 6.90. The molecule has 2 N–H and O–H groups in total. The Morgan fingerprint density at radius 2 is 1.91 bits per heavy atom. The van der Waals surface area contributed by atoms with E-state index in [4.69, 9.17) is 10.5 Å². The van der Waals surface area contributed by atoms with E-state index in [2.05, 4.69) is 4.90 Å². The Balaban J connectivity index is 1.66. The Morgan fingerprint density at radius 3 is 2.59 bits per heavy atom. The quantitative estimate of drug-likeness (QED) is 0.897. The topological polar surface area (TPSA) is 58.8 Å². The van der Waals surface area contributed by atoms with Gasteiger partial charge in [-0.1, -0.05) is 30.3 Å². The SMILES string of the molecule is CC(N)(C(=O)N1CCC(N2CCOCC2)C1)c1ccccc1. The second-order valence-corrected chi connectivity index (χ2v) is 6.41. The van der Waals surface area contributed by atoms with Gasteiger partial charge in [0.1, 0.15) is 5.54 Å². The van der Waals surface area contributed by atoms with E-state index in [1.807, 2.05) is 42.2 Å². The Hall–Kier alpha value is -1.43. The van der Waals surface area contributed by atoms with Gasteiger partial charge in [-0.15, -0.1) is 0 Å². The van der Waals surface area contributed by atoms with Crippen molar-refractivity contribution in [3.63, 3.8) is 0 Å². The third-order valence-corrected chi connectivity index (χ3v) is 4.83. The highest BCUT2D eigenvalue weighted by Gasteiger charge is 2.39. The summed E-state index contributed by atoms with van der Waals surface area (Å²) in [7, 11) is 0. The van der Waals surface area contributed by atoms with Crippen molar-refractivity contribution in [3.05, 3.63) is 35.9 Å². The highest BCUT2D eigenvalue weighted by Crippen LogP contribution is 2.24. The minimum atomic E-state index is -0.957. The van der Waals surface area contributed by atoms with Crippen LogP contribution in [0.15, 0.2) is 30.3 Å². The molecule has 2 atom stereocenters. The van der Waals surface area contributed by atoms with E-state index in [0.29, 0.717) is 6.04 Å². The van der Waals surface area contributed by atoms with E-state index in [9.17, 15) is 4.79 Å². The van der Waals surface area contributed by atoms with Crippen LogP contribution in [0.1, 0.15) is 18.9 Å². The van der Waals surface area contributed by atoms with Gasteiger partial charge in [0.05, 0.1) is 13.2 Å². The molecule has 2 aliphatic heterocycles. The van der Waals surface area contributed by atoms with Crippen LogP contribution in [0.2, 0.25) is 0 Å². The fraction of sp³-hybridized carbons (Fsp3) is 0.588. The van der Waals surface area contributed by atoms with Crippen molar-refractivity contribution in [2.75, 3.05) is 39.4 Å². The molecule has 2 heterocycles. The summed E-state index contributed by atoms with van der Waals surface area (Å²) in [5.74, 6) is 0.0226. The van der Waals surface area contributed by atoms with Gasteiger partial charge in [0.25, 0.3) is 0 Å². The van der Waals surface area contributed by atoms with Crippen LogP contribution in [0.4, 0.5) is 0 Å². The van der Waals surface area contributed by atoms with Gasteiger partial charge >= 0.3 is 0 Å². The number of hydrogen-bond acceptors (Lipinski definition) is 4. The van der Waals surface area contributed by atoms with Crippen LogP contribution in [0, 0.1) is 0 Å². The molecule has 0 bridgehead atoms. The van der Waals surface area contributed by atoms with Crippen LogP contribution in [0.3, 0.4) is 0 Å². The molecule has 0 radical (unpaired) electrons. The highest BCUT2D eigenvalue weighted by atomic mass is 16.5. The first kappa shape index (κ1) is 15.5. The number of likely N-dealkylation sites (tertiary alicyclic amines) is 1. The van der Waals surface area contributed by atoms with E-state index >= 15 is 0 Å². The van der Waals surface area contributed by atoms with E-state index < -0.39 is 5.54 Å². The molecule has 0 aliphatic carbocycles. The lowest BCUT2D eigenvalue weighted by Gasteiger charge is -2.33. The van der Waals surface area contributed by atoms with Crippen molar-refractivity contribution in [2.24, 2.45) is 5.73 Å². The van der Waals surface area contributed by atoms with Crippen molar-refractivity contribution in [1.29, 1.82) is 0 Å². The highest BCUT2D eigenvalue weighted by molar-refractivity contribution is 5.87. The molecule has 2 saturated heterocycles. The average Bonchev–Trinajstić information content (AvgIpc) is 3.05. The Labute approximate surface area is 132 Å². The number of nitrogens with two attached hydrogens (primary N) is 1. The predicted molar refractivity (Wildman–Crippen MR) is 85.4 cm³/mol. The molecule has 5 nitrogen and oxygen atoms in total. The van der Waals surface area contributed by atoms with Gasteiger partial charge in [0.2, 0.25) is 5.91 Å². The molecule has 2 unspecified atom stereocenters. The van der Waals surface area contributed by atoms with Crippen LogP contribution in [0.25, 0.3) is 0 Å². The maximum atomic E-state index is 12.9. The molecule has 0 aromatic heterocycles. The summed E-state index contributed by atoms with van der Waals surface area (Å²) in [6.07, 6.45) is 1.02. The minimum absolute atomic E-state index is 0.0226. The Morgan fingerprint density at radius 1 is 1.23 bits per heavy atom. The van der Waals surface area contributed by atoms with Gasteiger partial charge in [0, 0.05) is 32.2 Å². The average molecular weight is 303 g/mol. The summed E-state index contributed by atoms with van der Waals surface area (Å²) in [4.78, 5) is 17.2. The third kappa shape index (κ3) is 3.02. The normalized spacial score (nSPS) is 25.9. The number of benzene rings is 1. The van der Waals surface area contributed by atoms with Gasteiger partial charge in [-0.3, -0.25) is 9.69 Å². The lowest BCUT2D eigenvalue weighted by Crippen LogP contribution is -2.51. The molecule has 1 amide bonds. The van der Waals surface area contributed by atoms with Gasteiger partial charge in [-0.2, -0.15) is 0 Å². The lowest BCUT2D eigenvalue weighted by atomic mass is 9.92. The van der Waals surface area contributed by atoms with Crippen molar-refractivity contribution < 1.29 is 9.53 Å². The number of ether oxygens (including phenoxy) is 1. The van der Waals surface area contributed by atoms with E-state index in [1.165, 1.54) is 0 Å². The van der Waals surface area contributed by atoms with Gasteiger partial charge < -0.3 is 15.4 Å². The zero-order chi connectivity index (χ0) is 15.6. The molecule has 5 heteroatoms. The van der Waals surface area contributed by atoms with Gasteiger partial charge in [-0.05, 0) is 18.9 Å². The van der Waals surface area contributed by atoms with Crippen molar-refractivity contribution >= 4 is 5.91 Å². The number of carbonyl (C=O) groups excluding carboxylic acids is 1. The lowest BCUT2D eigenvalue weighted by molar-refractivity contribution is -0.135. The molecule has 120 valence electrons. The van der Waals surface area contributed by atoms with E-state index in [1.54, 1.807) is 0 Å². The maximum Gasteiger partial charge on any atom is 0.247 e. The zero-order valence-corrected chi connectivity index (χ0v) is 13.2. The van der Waals surface area contributed by atoms with Crippen molar-refractivity contribution in [2.45, 2.75) is 24.9 Å². The molecule has 0 spiro atoms. The standard InChI is InChI=1S/C17H25N3O2/c1-17(18,14-5-3-2-4-6-14)16(21)20-8-7-15(13-20)19-9-11-22-12-10-19/h2-6,15H,7-13,18H2,1H3. The van der Waals surface area contributed by atoms with Crippen LogP contribution in [-0.2, 0) is 15.1 Å². The molecule has 1 aromatic rings. The van der Waals surface area contributed by atoms with Gasteiger partial charge in [0.15, 0.2) is 0 Å². The second-order valence-electron chi connectivity index (χ2n) is 6.41. The Bertz CT molecular complexity index is 512. The summed E-state index contributed by atoms with van der Waals surface area (Å²) >= 11 is 0. The summed E-state index contributed by atoms with van der Waals surface area (Å²) in [6, 6.07) is 10.1. The number of hydrogen-bond donors (Lipinski definition) is 1. The van der Waals surface area contributed by atoms with Crippen LogP contribution in [0.5, 0.6) is 0 Å². The number of nitrogens with zero attached hydrogens (tertiary/aromatic N) is 2. The number of amides is 1. The summed E-state index contributed by atoms with van der Waals surface area (Å²) in [5.41, 5.74) is 6.27. The van der Waals surface area contributed by atoms with E-state index in [0.717, 1.165) is 51.4 Å². The summed E-state index contributed by atoms with van der Waals surface area (Å²) in [5, 5.41) is 0. The first-order valence-corrected chi connectivity index (χ1v) is 8.04. The number of morpholine rings is 1. The molecule has 22 heavy (non-hydrogen) atoms. The minimum Gasteiger partial charge on any atom is -0.379 e. The Kier molecular flexibility index (Phi) is 4.47. The van der Waals surface area contributed by atoms with E-state index in [-0.39, 0.29) is 5.91 Å². The van der Waals surface area contributed by atoms with Crippen molar-refractivity contribution in [1.82, 2.24) is 9.80 Å². The summed E-state index contributed by atoms with van der Waals surface area (Å²) < 4.78 is 5.40. The first-order valence-electron chi connectivity index (χ1n) is 8.04. The first-order chi connectivity index (χ1) is 10.6. The fourth-order valence-electron chi connectivity index (χ4n) is 3.40. The van der Waals surface area contributed by atoms with Crippen LogP contribution < -0.4 is 5.73 Å². The second kappa shape index (κ2) is 6.36. The monoisotopic (exact) mass is 303 g/mol. The molecule has 2 aliphatic rings. The molecular weight excluding hydrogens is 278 g/mol. The third-order valence-electron chi connectivity index (χ3n) is 4.83. The number of carbonyl (C=O) groups is 1. The number of rotatable bonds is 3. The molecule has 2 fully saturated rings. The molecular formula is C17H25N3O2. The fourth-order valence-corrected chi connectivity index (χ4v) is 3.40. The zero-order valence-electron chi connectivity index (χ0n) is 13.2. The molecule has 3 rings (SSSR count). The van der Waals surface area contributed by atoms with Crippen molar-refractivity contribution in [3.8, 4) is 0 Å². The maximum absolute atomic E-state index is 12.9. The van der Waals surface area contributed by atoms with Crippen LogP contribution >= 0.6 is 0 Å².